The summed E-state index contributed by atoms with van der Waals surface area (Å²) in [5, 5.41) is 7.75. The minimum Gasteiger partial charge on any atom is -0.489 e. The van der Waals surface area contributed by atoms with E-state index in [0.29, 0.717) is 12.5 Å². The van der Waals surface area contributed by atoms with Crippen molar-refractivity contribution in [2.75, 3.05) is 26.7 Å². The third kappa shape index (κ3) is 4.56. The highest BCUT2D eigenvalue weighted by atomic mass is 16.5. The van der Waals surface area contributed by atoms with Gasteiger partial charge in [-0.3, -0.25) is 9.67 Å². The van der Waals surface area contributed by atoms with Gasteiger partial charge in [0.25, 0.3) is 0 Å². The molecule has 2 aromatic rings. The number of aromatic nitrogens is 2. The Hall–Kier alpha value is -2.50. The Morgan fingerprint density at radius 1 is 1.46 bits per heavy atom. The van der Waals surface area contributed by atoms with Crippen molar-refractivity contribution in [3.63, 3.8) is 0 Å². The Bertz CT molecular complexity index is 754. The van der Waals surface area contributed by atoms with Crippen LogP contribution in [-0.4, -0.2) is 53.4 Å². The van der Waals surface area contributed by atoms with Gasteiger partial charge in [0.05, 0.1) is 12.7 Å². The van der Waals surface area contributed by atoms with E-state index in [1.807, 2.05) is 37.1 Å². The van der Waals surface area contributed by atoms with E-state index in [0.717, 1.165) is 31.2 Å². The van der Waals surface area contributed by atoms with E-state index >= 15 is 0 Å². The maximum absolute atomic E-state index is 6.00. The Kier molecular flexibility index (Phi) is 5.81. The van der Waals surface area contributed by atoms with Crippen LogP contribution in [0.2, 0.25) is 0 Å². The molecule has 0 bridgehead atoms. The largest absolute Gasteiger partial charge is 0.489 e. The van der Waals surface area contributed by atoms with Crippen molar-refractivity contribution in [2.45, 2.75) is 32.3 Å². The van der Waals surface area contributed by atoms with Crippen molar-refractivity contribution >= 4 is 5.96 Å². The monoisotopic (exact) mass is 355 g/mol. The molecule has 140 valence electrons. The standard InChI is InChI=1S/C20H29N5O/c1-15-6-5-7-19(10-15)26-16(2)11-22-20(21-3)25-9-8-17(14-25)18-12-23-24(4)13-18/h5-7,10,12-13,16-17H,8-9,11,14H2,1-4H3,(H,21,22). The van der Waals surface area contributed by atoms with Crippen molar-refractivity contribution in [3.8, 4) is 5.75 Å². The SMILES string of the molecule is CN=C(NCC(C)Oc1cccc(C)c1)N1CCC(c2cnn(C)c2)C1. The summed E-state index contributed by atoms with van der Waals surface area (Å²) in [6.45, 7) is 6.84. The second-order valence-corrected chi connectivity index (χ2v) is 7.05. The van der Waals surface area contributed by atoms with Crippen LogP contribution in [0.1, 0.15) is 30.4 Å². The molecular formula is C20H29N5O. The summed E-state index contributed by atoms with van der Waals surface area (Å²) in [5.41, 5.74) is 2.51. The Balaban J connectivity index is 1.50. The molecule has 1 aromatic carbocycles. The summed E-state index contributed by atoms with van der Waals surface area (Å²) in [4.78, 5) is 6.77. The molecule has 26 heavy (non-hydrogen) atoms. The predicted octanol–water partition coefficient (Wildman–Crippen LogP) is 2.56. The van der Waals surface area contributed by atoms with Crippen LogP contribution in [-0.2, 0) is 7.05 Å². The topological polar surface area (TPSA) is 54.7 Å². The zero-order valence-electron chi connectivity index (χ0n) is 16.1. The second-order valence-electron chi connectivity index (χ2n) is 7.05. The molecule has 3 rings (SSSR count). The van der Waals surface area contributed by atoms with Crippen molar-refractivity contribution in [3.05, 3.63) is 47.8 Å². The van der Waals surface area contributed by atoms with Gasteiger partial charge in [0.1, 0.15) is 11.9 Å². The lowest BCUT2D eigenvalue weighted by Gasteiger charge is -2.23. The molecule has 0 aliphatic carbocycles. The first-order valence-electron chi connectivity index (χ1n) is 9.22. The van der Waals surface area contributed by atoms with E-state index in [2.05, 4.69) is 52.5 Å². The van der Waals surface area contributed by atoms with Gasteiger partial charge in [-0.1, -0.05) is 12.1 Å². The first kappa shape index (κ1) is 18.3. The number of aryl methyl sites for hydroxylation is 2. The van der Waals surface area contributed by atoms with Crippen molar-refractivity contribution in [1.29, 1.82) is 0 Å². The zero-order valence-corrected chi connectivity index (χ0v) is 16.1. The quantitative estimate of drug-likeness (QED) is 0.662. The molecule has 1 aliphatic heterocycles. The molecule has 1 aromatic heterocycles. The molecule has 2 atom stereocenters. The van der Waals surface area contributed by atoms with Crippen LogP contribution in [0.3, 0.4) is 0 Å². The Morgan fingerprint density at radius 2 is 2.31 bits per heavy atom. The highest BCUT2D eigenvalue weighted by Gasteiger charge is 2.27. The van der Waals surface area contributed by atoms with Crippen molar-refractivity contribution < 1.29 is 4.74 Å². The highest BCUT2D eigenvalue weighted by Crippen LogP contribution is 2.26. The van der Waals surface area contributed by atoms with Gasteiger partial charge in [0.2, 0.25) is 0 Å². The number of hydrogen-bond donors (Lipinski definition) is 1. The molecule has 0 saturated carbocycles. The van der Waals surface area contributed by atoms with Gasteiger partial charge >= 0.3 is 0 Å². The van der Waals surface area contributed by atoms with E-state index in [4.69, 9.17) is 4.74 Å². The van der Waals surface area contributed by atoms with Gasteiger partial charge in [0.15, 0.2) is 5.96 Å². The highest BCUT2D eigenvalue weighted by molar-refractivity contribution is 5.80. The molecule has 1 aliphatic rings. The normalized spacial score (nSPS) is 18.8. The first-order valence-corrected chi connectivity index (χ1v) is 9.22. The van der Waals surface area contributed by atoms with Crippen molar-refractivity contribution in [2.24, 2.45) is 12.0 Å². The van der Waals surface area contributed by atoms with Crippen LogP contribution in [0.25, 0.3) is 0 Å². The molecule has 6 nitrogen and oxygen atoms in total. The lowest BCUT2D eigenvalue weighted by atomic mass is 10.0. The number of hydrogen-bond acceptors (Lipinski definition) is 3. The summed E-state index contributed by atoms with van der Waals surface area (Å²) in [7, 11) is 3.80. The molecule has 0 spiro atoms. The number of guanidine groups is 1. The van der Waals surface area contributed by atoms with Gasteiger partial charge in [-0.2, -0.15) is 5.10 Å². The lowest BCUT2D eigenvalue weighted by Crippen LogP contribution is -2.43. The van der Waals surface area contributed by atoms with Crippen LogP contribution < -0.4 is 10.1 Å². The number of likely N-dealkylation sites (tertiary alicyclic amines) is 1. The minimum absolute atomic E-state index is 0.0604. The van der Waals surface area contributed by atoms with Gasteiger partial charge in [-0.25, -0.2) is 0 Å². The number of rotatable bonds is 5. The third-order valence-electron chi connectivity index (χ3n) is 4.77. The number of nitrogens with one attached hydrogen (secondary N) is 1. The van der Waals surface area contributed by atoms with Gasteiger partial charge in [-0.05, 0) is 43.5 Å². The summed E-state index contributed by atoms with van der Waals surface area (Å²) in [5.74, 6) is 2.37. The van der Waals surface area contributed by atoms with Crippen LogP contribution in [0.4, 0.5) is 0 Å². The van der Waals surface area contributed by atoms with E-state index < -0.39 is 0 Å². The maximum Gasteiger partial charge on any atom is 0.193 e. The van der Waals surface area contributed by atoms with Crippen LogP contribution in [0.15, 0.2) is 41.7 Å². The molecule has 0 amide bonds. The fraction of sp³-hybridized carbons (Fsp3) is 0.500. The first-order chi connectivity index (χ1) is 12.5. The number of benzene rings is 1. The number of nitrogens with zero attached hydrogens (tertiary/aromatic N) is 4. The Labute approximate surface area is 155 Å². The molecule has 6 heteroatoms. The fourth-order valence-electron chi connectivity index (χ4n) is 3.41. The smallest absolute Gasteiger partial charge is 0.193 e. The summed E-state index contributed by atoms with van der Waals surface area (Å²) < 4.78 is 7.87. The van der Waals surface area contributed by atoms with E-state index in [1.54, 1.807) is 0 Å². The average molecular weight is 355 g/mol. The number of aliphatic imine (C=N–C) groups is 1. The molecular weight excluding hydrogens is 326 g/mol. The maximum atomic E-state index is 6.00. The minimum atomic E-state index is 0.0604. The van der Waals surface area contributed by atoms with E-state index in [-0.39, 0.29) is 6.10 Å². The molecule has 1 fully saturated rings. The van der Waals surface area contributed by atoms with E-state index in [9.17, 15) is 0 Å². The third-order valence-corrected chi connectivity index (χ3v) is 4.77. The van der Waals surface area contributed by atoms with Crippen molar-refractivity contribution in [1.82, 2.24) is 20.0 Å². The molecule has 2 heterocycles. The van der Waals surface area contributed by atoms with Crippen LogP contribution >= 0.6 is 0 Å². The molecule has 1 saturated heterocycles. The second kappa shape index (κ2) is 8.25. The fourth-order valence-corrected chi connectivity index (χ4v) is 3.41. The van der Waals surface area contributed by atoms with Crippen LogP contribution in [0, 0.1) is 6.92 Å². The summed E-state index contributed by atoms with van der Waals surface area (Å²) in [6.07, 6.45) is 5.27. The van der Waals surface area contributed by atoms with Crippen LogP contribution in [0.5, 0.6) is 5.75 Å². The van der Waals surface area contributed by atoms with Gasteiger partial charge in [0, 0.05) is 39.3 Å². The lowest BCUT2D eigenvalue weighted by molar-refractivity contribution is 0.222. The summed E-state index contributed by atoms with van der Waals surface area (Å²) >= 11 is 0. The molecule has 0 radical (unpaired) electrons. The molecule has 1 N–H and O–H groups in total. The summed E-state index contributed by atoms with van der Waals surface area (Å²) in [6, 6.07) is 8.15. The van der Waals surface area contributed by atoms with Gasteiger partial charge < -0.3 is 15.0 Å². The molecule has 2 unspecified atom stereocenters. The number of ether oxygens (including phenoxy) is 1. The van der Waals surface area contributed by atoms with E-state index in [1.165, 1.54) is 11.1 Å². The zero-order chi connectivity index (χ0) is 18.5. The predicted molar refractivity (Wildman–Crippen MR) is 105 cm³/mol. The average Bonchev–Trinajstić information content (AvgIpc) is 3.24. The van der Waals surface area contributed by atoms with Gasteiger partial charge in [-0.15, -0.1) is 0 Å². The Morgan fingerprint density at radius 3 is 3.00 bits per heavy atom.